The third-order valence-electron chi connectivity index (χ3n) is 1.50. The van der Waals surface area contributed by atoms with E-state index >= 15 is 0 Å². The molecule has 6 N–H and O–H groups in total. The van der Waals surface area contributed by atoms with Crippen LogP contribution in [-0.2, 0) is 23.6 Å². The molecule has 0 radical (unpaired) electrons. The molecule has 0 unspecified atom stereocenters. The molecule has 0 atom stereocenters. The topological polar surface area (TPSA) is 121 Å². The van der Waals surface area contributed by atoms with E-state index in [0.29, 0.717) is 0 Å². The summed E-state index contributed by atoms with van der Waals surface area (Å²) in [6.07, 6.45) is 7.92. The monoisotopic (exact) mass is 402 g/mol. The molecule has 142 valence electrons. The zero-order valence-electron chi connectivity index (χ0n) is 14.6. The number of unbranched alkanes of at least 4 members (excludes halogenated alkanes) is 3. The standard InChI is InChI=1S/3C4H10.2H3O3PS/c3*1-3-4-2;2*1-4(2,3)5/h3*3-4H2,1-2H3;2*(H3,1,2,3,5). The summed E-state index contributed by atoms with van der Waals surface area (Å²) in [7, 11) is 0. The van der Waals surface area contributed by atoms with Crippen molar-refractivity contribution in [2.75, 3.05) is 0 Å². The molecule has 0 saturated heterocycles. The second-order valence-electron chi connectivity index (χ2n) is 4.03. The van der Waals surface area contributed by atoms with Gasteiger partial charge in [-0.2, -0.15) is 0 Å². The molecule has 0 heterocycles. The molecular weight excluding hydrogens is 366 g/mol. The minimum atomic E-state index is -3.81. The summed E-state index contributed by atoms with van der Waals surface area (Å²) in [5, 5.41) is 0. The zero-order valence-corrected chi connectivity index (χ0v) is 18.1. The van der Waals surface area contributed by atoms with Gasteiger partial charge in [0.2, 0.25) is 0 Å². The van der Waals surface area contributed by atoms with E-state index in [1.54, 1.807) is 0 Å². The summed E-state index contributed by atoms with van der Waals surface area (Å²) in [5.41, 5.74) is 0. The first-order valence-electron chi connectivity index (χ1n) is 7.31. The molecule has 22 heavy (non-hydrogen) atoms. The van der Waals surface area contributed by atoms with E-state index < -0.39 is 13.4 Å². The molecule has 0 bridgehead atoms. The van der Waals surface area contributed by atoms with Crippen LogP contribution in [0.5, 0.6) is 0 Å². The van der Waals surface area contributed by atoms with Gasteiger partial charge in [0, 0.05) is 0 Å². The highest BCUT2D eigenvalue weighted by Crippen LogP contribution is 2.26. The van der Waals surface area contributed by atoms with E-state index in [1.807, 2.05) is 0 Å². The molecule has 10 heteroatoms. The molecule has 0 aromatic carbocycles. The highest BCUT2D eigenvalue weighted by atomic mass is 32.5. The maximum atomic E-state index is 7.56. The molecule has 0 fully saturated rings. The third-order valence-corrected chi connectivity index (χ3v) is 1.50. The Balaban J connectivity index is -0.0000000550. The summed E-state index contributed by atoms with van der Waals surface area (Å²) in [5.74, 6) is 0. The quantitative estimate of drug-likeness (QED) is 0.394. The fourth-order valence-electron chi connectivity index (χ4n) is 0. The summed E-state index contributed by atoms with van der Waals surface area (Å²) >= 11 is 7.21. The van der Waals surface area contributed by atoms with Crippen molar-refractivity contribution in [3.8, 4) is 0 Å². The van der Waals surface area contributed by atoms with Crippen LogP contribution >= 0.6 is 13.4 Å². The predicted molar refractivity (Wildman–Crippen MR) is 104 cm³/mol. The lowest BCUT2D eigenvalue weighted by molar-refractivity contribution is 0.361. The van der Waals surface area contributed by atoms with E-state index in [9.17, 15) is 0 Å². The second kappa shape index (κ2) is 26.9. The van der Waals surface area contributed by atoms with E-state index in [1.165, 1.54) is 38.5 Å². The van der Waals surface area contributed by atoms with Crippen molar-refractivity contribution in [2.24, 2.45) is 0 Å². The average molecular weight is 402 g/mol. The highest BCUT2D eigenvalue weighted by molar-refractivity contribution is 8.06. The van der Waals surface area contributed by atoms with Crippen molar-refractivity contribution < 1.29 is 29.4 Å². The van der Waals surface area contributed by atoms with E-state index in [0.717, 1.165) is 0 Å². The Kier molecular flexibility index (Phi) is 42.1. The summed E-state index contributed by atoms with van der Waals surface area (Å²) in [6, 6.07) is 0. The van der Waals surface area contributed by atoms with Gasteiger partial charge in [-0.3, -0.25) is 0 Å². The average Bonchev–Trinajstić information content (AvgIpc) is 2.35. The molecule has 0 aliphatic carbocycles. The van der Waals surface area contributed by atoms with Crippen LogP contribution in [0.2, 0.25) is 0 Å². The Morgan fingerprint density at radius 3 is 0.500 bits per heavy atom. The lowest BCUT2D eigenvalue weighted by Gasteiger charge is -1.88. The number of hydrogen-bond acceptors (Lipinski definition) is 2. The first-order chi connectivity index (χ1) is 9.74. The zero-order chi connectivity index (χ0) is 19.2. The van der Waals surface area contributed by atoms with Crippen LogP contribution in [-0.4, -0.2) is 29.4 Å². The molecule has 0 aromatic heterocycles. The van der Waals surface area contributed by atoms with Crippen molar-refractivity contribution in [3.63, 3.8) is 0 Å². The Labute approximate surface area is 146 Å². The van der Waals surface area contributed by atoms with Gasteiger partial charge in [0.05, 0.1) is 0 Å². The molecule has 0 aliphatic heterocycles. The largest absolute Gasteiger partial charge is 0.325 e. The minimum Gasteiger partial charge on any atom is -0.325 e. The lowest BCUT2D eigenvalue weighted by Crippen LogP contribution is -1.65. The molecule has 0 aromatic rings. The van der Waals surface area contributed by atoms with Crippen molar-refractivity contribution >= 4 is 37.1 Å². The van der Waals surface area contributed by atoms with Crippen LogP contribution < -0.4 is 0 Å². The van der Waals surface area contributed by atoms with E-state index in [4.69, 9.17) is 29.4 Å². The molecular formula is C12H36O6P2S2. The van der Waals surface area contributed by atoms with E-state index in [-0.39, 0.29) is 0 Å². The fourth-order valence-corrected chi connectivity index (χ4v) is 0. The maximum absolute atomic E-state index is 7.56. The van der Waals surface area contributed by atoms with Gasteiger partial charge in [-0.15, -0.1) is 0 Å². The molecule has 0 aliphatic rings. The van der Waals surface area contributed by atoms with Gasteiger partial charge in [0.25, 0.3) is 0 Å². The molecule has 0 rings (SSSR count). The van der Waals surface area contributed by atoms with Gasteiger partial charge in [-0.1, -0.05) is 80.1 Å². The normalized spacial score (nSPS) is 9.45. The van der Waals surface area contributed by atoms with Gasteiger partial charge in [0.15, 0.2) is 0 Å². The van der Waals surface area contributed by atoms with Crippen LogP contribution in [0.15, 0.2) is 0 Å². The van der Waals surface area contributed by atoms with Gasteiger partial charge in [-0.25, -0.2) is 0 Å². The minimum absolute atomic E-state index is 1.32. The van der Waals surface area contributed by atoms with Gasteiger partial charge in [-0.05, 0) is 23.6 Å². The lowest BCUT2D eigenvalue weighted by atomic mass is 10.4. The molecule has 0 saturated carbocycles. The van der Waals surface area contributed by atoms with Crippen molar-refractivity contribution in [3.05, 3.63) is 0 Å². The molecule has 0 amide bonds. The Morgan fingerprint density at radius 2 is 0.500 bits per heavy atom. The number of rotatable bonds is 3. The first-order valence-corrected chi connectivity index (χ1v) is 12.6. The van der Waals surface area contributed by atoms with Crippen LogP contribution in [0, 0.1) is 0 Å². The van der Waals surface area contributed by atoms with Gasteiger partial charge >= 0.3 is 13.4 Å². The fraction of sp³-hybridized carbons (Fsp3) is 1.00. The molecule has 6 nitrogen and oxygen atoms in total. The van der Waals surface area contributed by atoms with Crippen molar-refractivity contribution in [1.29, 1.82) is 0 Å². The Bertz CT molecular complexity index is 204. The smallest absolute Gasteiger partial charge is 0.319 e. The van der Waals surface area contributed by atoms with Crippen LogP contribution in [0.1, 0.15) is 80.1 Å². The summed E-state index contributed by atoms with van der Waals surface area (Å²) in [6.45, 7) is 5.47. The maximum Gasteiger partial charge on any atom is 0.319 e. The summed E-state index contributed by atoms with van der Waals surface area (Å²) < 4.78 is 0. The van der Waals surface area contributed by atoms with Crippen LogP contribution in [0.3, 0.4) is 0 Å². The van der Waals surface area contributed by atoms with E-state index in [2.05, 4.69) is 65.2 Å². The Morgan fingerprint density at radius 1 is 0.455 bits per heavy atom. The summed E-state index contributed by atoms with van der Waals surface area (Å²) in [4.78, 5) is 45.3. The predicted octanol–water partition coefficient (Wildman–Crippen LogP) is 3.79. The number of hydrogen-bond donors (Lipinski definition) is 6. The van der Waals surface area contributed by atoms with Crippen molar-refractivity contribution in [1.82, 2.24) is 0 Å². The Hall–Kier alpha value is 1.06. The second-order valence-corrected chi connectivity index (χ2v) is 9.02. The third kappa shape index (κ3) is 514. The highest BCUT2D eigenvalue weighted by Gasteiger charge is 1.92. The molecule has 0 spiro atoms. The van der Waals surface area contributed by atoms with Crippen LogP contribution in [0.4, 0.5) is 0 Å². The van der Waals surface area contributed by atoms with Crippen LogP contribution in [0.25, 0.3) is 0 Å². The van der Waals surface area contributed by atoms with Crippen molar-refractivity contribution in [2.45, 2.75) is 80.1 Å². The van der Waals surface area contributed by atoms with Gasteiger partial charge < -0.3 is 29.4 Å². The first kappa shape index (κ1) is 34.4. The SMILES string of the molecule is CCCC.CCCC.CCCC.OP(O)(O)=S.OP(O)(O)=S. The van der Waals surface area contributed by atoms with Gasteiger partial charge in [0.1, 0.15) is 0 Å².